The summed E-state index contributed by atoms with van der Waals surface area (Å²) < 4.78 is 6.16. The maximum absolute atomic E-state index is 5.20. The van der Waals surface area contributed by atoms with Crippen molar-refractivity contribution in [1.29, 1.82) is 0 Å². The van der Waals surface area contributed by atoms with Crippen molar-refractivity contribution in [3.63, 3.8) is 0 Å². The molecule has 0 aliphatic carbocycles. The standard InChI is InChI=1S/C10H12BrN3OS/c1-12-10(16)14-13-6-7-5-8(11)3-4-9(7)15-2/h3-6H,1-2H3,(H2,12,14,16)/b13-6-. The molecule has 1 aromatic carbocycles. The second-order valence-electron chi connectivity index (χ2n) is 2.84. The quantitative estimate of drug-likeness (QED) is 0.508. The van der Waals surface area contributed by atoms with Crippen LogP contribution in [-0.2, 0) is 0 Å². The van der Waals surface area contributed by atoms with E-state index in [1.807, 2.05) is 18.2 Å². The molecule has 0 fully saturated rings. The zero-order valence-electron chi connectivity index (χ0n) is 8.95. The fraction of sp³-hybridized carbons (Fsp3) is 0.200. The van der Waals surface area contributed by atoms with Crippen LogP contribution in [-0.4, -0.2) is 25.5 Å². The van der Waals surface area contributed by atoms with Gasteiger partial charge in [0.15, 0.2) is 5.11 Å². The molecule has 1 aromatic rings. The number of halogens is 1. The number of ether oxygens (including phenoxy) is 1. The van der Waals surface area contributed by atoms with Gasteiger partial charge in [-0.3, -0.25) is 5.43 Å². The maximum atomic E-state index is 5.20. The van der Waals surface area contributed by atoms with Gasteiger partial charge in [-0.15, -0.1) is 0 Å². The van der Waals surface area contributed by atoms with Gasteiger partial charge in [0.1, 0.15) is 5.75 Å². The fourth-order valence-electron chi connectivity index (χ4n) is 1.02. The molecule has 0 aromatic heterocycles. The molecule has 0 radical (unpaired) electrons. The van der Waals surface area contributed by atoms with Gasteiger partial charge in [0.05, 0.1) is 13.3 Å². The van der Waals surface area contributed by atoms with E-state index in [0.29, 0.717) is 5.11 Å². The Morgan fingerprint density at radius 1 is 1.56 bits per heavy atom. The summed E-state index contributed by atoms with van der Waals surface area (Å²) in [4.78, 5) is 0. The van der Waals surface area contributed by atoms with Crippen LogP contribution in [0.5, 0.6) is 5.75 Å². The van der Waals surface area contributed by atoms with E-state index >= 15 is 0 Å². The monoisotopic (exact) mass is 301 g/mol. The Kier molecular flexibility index (Phi) is 5.21. The summed E-state index contributed by atoms with van der Waals surface area (Å²) >= 11 is 8.27. The highest BCUT2D eigenvalue weighted by atomic mass is 79.9. The molecular formula is C10H12BrN3OS. The maximum Gasteiger partial charge on any atom is 0.186 e. The van der Waals surface area contributed by atoms with Crippen LogP contribution < -0.4 is 15.5 Å². The van der Waals surface area contributed by atoms with Gasteiger partial charge in [-0.1, -0.05) is 15.9 Å². The molecule has 0 bridgehead atoms. The number of nitrogens with zero attached hydrogens (tertiary/aromatic N) is 1. The number of methoxy groups -OCH3 is 1. The number of benzene rings is 1. The van der Waals surface area contributed by atoms with E-state index < -0.39 is 0 Å². The second kappa shape index (κ2) is 6.44. The highest BCUT2D eigenvalue weighted by Gasteiger charge is 2.00. The summed E-state index contributed by atoms with van der Waals surface area (Å²) in [5.74, 6) is 0.754. The summed E-state index contributed by atoms with van der Waals surface area (Å²) in [5, 5.41) is 7.20. The Labute approximate surface area is 108 Å². The minimum absolute atomic E-state index is 0.463. The third kappa shape index (κ3) is 3.79. The average molecular weight is 302 g/mol. The first-order valence-corrected chi connectivity index (χ1v) is 5.72. The van der Waals surface area contributed by atoms with Crippen molar-refractivity contribution in [3.05, 3.63) is 28.2 Å². The van der Waals surface area contributed by atoms with Crippen molar-refractivity contribution in [2.45, 2.75) is 0 Å². The summed E-state index contributed by atoms with van der Waals surface area (Å²) in [6, 6.07) is 5.68. The highest BCUT2D eigenvalue weighted by Crippen LogP contribution is 2.21. The smallest absolute Gasteiger partial charge is 0.186 e. The molecule has 0 atom stereocenters. The minimum atomic E-state index is 0.463. The Hall–Kier alpha value is -1.14. The lowest BCUT2D eigenvalue weighted by Gasteiger charge is -2.05. The molecule has 2 N–H and O–H groups in total. The topological polar surface area (TPSA) is 45.7 Å². The van der Waals surface area contributed by atoms with Gasteiger partial charge in [-0.25, -0.2) is 0 Å². The molecule has 16 heavy (non-hydrogen) atoms. The minimum Gasteiger partial charge on any atom is -0.496 e. The molecule has 0 saturated carbocycles. The first-order valence-electron chi connectivity index (χ1n) is 4.51. The molecule has 0 unspecified atom stereocenters. The van der Waals surface area contributed by atoms with E-state index in [1.165, 1.54) is 0 Å². The molecule has 1 rings (SSSR count). The van der Waals surface area contributed by atoms with E-state index in [9.17, 15) is 0 Å². The van der Waals surface area contributed by atoms with Crippen LogP contribution in [0.25, 0.3) is 0 Å². The predicted molar refractivity (Wildman–Crippen MR) is 73.1 cm³/mol. The van der Waals surface area contributed by atoms with Crippen LogP contribution in [0.2, 0.25) is 0 Å². The van der Waals surface area contributed by atoms with Gasteiger partial charge < -0.3 is 10.1 Å². The van der Waals surface area contributed by atoms with Crippen LogP contribution in [0.15, 0.2) is 27.8 Å². The van der Waals surface area contributed by atoms with Crippen molar-refractivity contribution in [1.82, 2.24) is 10.7 Å². The summed E-state index contributed by atoms with van der Waals surface area (Å²) in [6.07, 6.45) is 1.65. The molecule has 4 nitrogen and oxygen atoms in total. The van der Waals surface area contributed by atoms with E-state index in [-0.39, 0.29) is 0 Å². The first kappa shape index (κ1) is 12.9. The molecule has 0 amide bonds. The summed E-state index contributed by atoms with van der Waals surface area (Å²) in [7, 11) is 3.34. The van der Waals surface area contributed by atoms with Crippen LogP contribution in [0.4, 0.5) is 0 Å². The lowest BCUT2D eigenvalue weighted by atomic mass is 10.2. The van der Waals surface area contributed by atoms with Crippen molar-refractivity contribution < 1.29 is 4.74 Å². The lowest BCUT2D eigenvalue weighted by Crippen LogP contribution is -2.28. The van der Waals surface area contributed by atoms with E-state index in [4.69, 9.17) is 17.0 Å². The number of hydrazone groups is 1. The third-order valence-electron chi connectivity index (χ3n) is 1.79. The molecule has 0 aliphatic heterocycles. The molecule has 86 valence electrons. The van der Waals surface area contributed by atoms with Crippen LogP contribution in [0.3, 0.4) is 0 Å². The zero-order chi connectivity index (χ0) is 12.0. The summed E-state index contributed by atoms with van der Waals surface area (Å²) in [6.45, 7) is 0. The van der Waals surface area contributed by atoms with Crippen molar-refractivity contribution >= 4 is 39.5 Å². The Bertz CT molecular complexity index is 409. The predicted octanol–water partition coefficient (Wildman–Crippen LogP) is 1.89. The first-order chi connectivity index (χ1) is 7.67. The van der Waals surface area contributed by atoms with Crippen LogP contribution in [0, 0.1) is 0 Å². The Morgan fingerprint density at radius 2 is 2.31 bits per heavy atom. The lowest BCUT2D eigenvalue weighted by molar-refractivity contribution is 0.414. The van der Waals surface area contributed by atoms with E-state index in [2.05, 4.69) is 31.8 Å². The summed E-state index contributed by atoms with van der Waals surface area (Å²) in [5.41, 5.74) is 3.53. The van der Waals surface area contributed by atoms with Crippen molar-refractivity contribution in [2.24, 2.45) is 5.10 Å². The zero-order valence-corrected chi connectivity index (χ0v) is 11.4. The number of rotatable bonds is 3. The van der Waals surface area contributed by atoms with E-state index in [1.54, 1.807) is 20.4 Å². The van der Waals surface area contributed by atoms with Crippen molar-refractivity contribution in [3.8, 4) is 5.75 Å². The SMILES string of the molecule is CNC(=S)N/N=C\c1cc(Br)ccc1OC. The number of thiocarbonyl (C=S) groups is 1. The fourth-order valence-corrected chi connectivity index (χ4v) is 1.45. The molecule has 6 heteroatoms. The van der Waals surface area contributed by atoms with Crippen LogP contribution in [0.1, 0.15) is 5.56 Å². The number of hydrogen-bond donors (Lipinski definition) is 2. The number of nitrogens with one attached hydrogen (secondary N) is 2. The third-order valence-corrected chi connectivity index (χ3v) is 2.58. The Balaban J connectivity index is 2.79. The molecule has 0 aliphatic rings. The van der Waals surface area contributed by atoms with Crippen molar-refractivity contribution in [2.75, 3.05) is 14.2 Å². The van der Waals surface area contributed by atoms with Crippen LogP contribution >= 0.6 is 28.1 Å². The molecule has 0 spiro atoms. The van der Waals surface area contributed by atoms with Gasteiger partial charge in [0.2, 0.25) is 0 Å². The normalized spacial score (nSPS) is 10.2. The Morgan fingerprint density at radius 3 is 2.94 bits per heavy atom. The van der Waals surface area contributed by atoms with Gasteiger partial charge in [0, 0.05) is 17.1 Å². The number of hydrogen-bond acceptors (Lipinski definition) is 3. The van der Waals surface area contributed by atoms with E-state index in [0.717, 1.165) is 15.8 Å². The average Bonchev–Trinajstić information content (AvgIpc) is 2.29. The molecular weight excluding hydrogens is 290 g/mol. The highest BCUT2D eigenvalue weighted by molar-refractivity contribution is 9.10. The molecule has 0 saturated heterocycles. The van der Waals surface area contributed by atoms with Gasteiger partial charge >= 0.3 is 0 Å². The van der Waals surface area contributed by atoms with Gasteiger partial charge in [-0.05, 0) is 30.4 Å². The molecule has 0 heterocycles. The van der Waals surface area contributed by atoms with Gasteiger partial charge in [0.25, 0.3) is 0 Å². The van der Waals surface area contributed by atoms with Gasteiger partial charge in [-0.2, -0.15) is 5.10 Å². The largest absolute Gasteiger partial charge is 0.496 e. The second-order valence-corrected chi connectivity index (χ2v) is 4.16.